The van der Waals surface area contributed by atoms with Gasteiger partial charge in [0.05, 0.1) is 0 Å². The molecule has 0 aliphatic carbocycles. The van der Waals surface area contributed by atoms with E-state index < -0.39 is 5.91 Å². The summed E-state index contributed by atoms with van der Waals surface area (Å²) in [4.78, 5) is 11.0. The number of primary amides is 1. The maximum atomic E-state index is 11.0. The Balaban J connectivity index is 0.00000243. The highest BCUT2D eigenvalue weighted by atomic mass is 35.5. The van der Waals surface area contributed by atoms with Crippen molar-refractivity contribution in [3.8, 4) is 5.75 Å². The molecule has 0 aromatic heterocycles. The molecule has 5 heteroatoms. The Morgan fingerprint density at radius 3 is 2.46 bits per heavy atom. The Morgan fingerprint density at radius 1 is 0.962 bits per heavy atom. The molecule has 26 heavy (non-hydrogen) atoms. The van der Waals surface area contributed by atoms with Crippen LogP contribution in [0.15, 0.2) is 66.7 Å². The topological polar surface area (TPSA) is 64.4 Å². The average Bonchev–Trinajstić information content (AvgIpc) is 2.64. The first-order valence-corrected chi connectivity index (χ1v) is 8.40. The summed E-state index contributed by atoms with van der Waals surface area (Å²) in [7, 11) is 0. The van der Waals surface area contributed by atoms with Crippen LogP contribution in [0.1, 0.15) is 11.1 Å². The zero-order valence-corrected chi connectivity index (χ0v) is 15.3. The number of amides is 1. The van der Waals surface area contributed by atoms with Crippen LogP contribution in [0, 0.1) is 0 Å². The van der Waals surface area contributed by atoms with Gasteiger partial charge in [-0.15, -0.1) is 12.4 Å². The fourth-order valence-electron chi connectivity index (χ4n) is 2.87. The van der Waals surface area contributed by atoms with Gasteiger partial charge in [-0.2, -0.15) is 0 Å². The van der Waals surface area contributed by atoms with E-state index in [1.165, 1.54) is 5.56 Å². The highest BCUT2D eigenvalue weighted by molar-refractivity contribution is 5.88. The molecule has 0 saturated heterocycles. The lowest BCUT2D eigenvalue weighted by Gasteiger charge is -2.14. The van der Waals surface area contributed by atoms with Gasteiger partial charge in [0.1, 0.15) is 5.75 Å². The minimum absolute atomic E-state index is 0. The highest BCUT2D eigenvalue weighted by Gasteiger charge is 2.09. The number of benzene rings is 3. The predicted octanol–water partition coefficient (Wildman–Crippen LogP) is 3.46. The fraction of sp³-hybridized carbons (Fsp3) is 0.190. The van der Waals surface area contributed by atoms with Crippen molar-refractivity contribution >= 4 is 29.1 Å². The van der Waals surface area contributed by atoms with Crippen molar-refractivity contribution in [3.05, 3.63) is 77.9 Å². The van der Waals surface area contributed by atoms with E-state index in [0.717, 1.165) is 29.3 Å². The lowest BCUT2D eigenvalue weighted by atomic mass is 10.0. The van der Waals surface area contributed by atoms with Crippen LogP contribution >= 0.6 is 12.4 Å². The van der Waals surface area contributed by atoms with Crippen molar-refractivity contribution in [2.24, 2.45) is 5.73 Å². The van der Waals surface area contributed by atoms with Crippen molar-refractivity contribution in [2.75, 3.05) is 13.2 Å². The molecule has 0 saturated carbocycles. The van der Waals surface area contributed by atoms with Crippen molar-refractivity contribution in [3.63, 3.8) is 0 Å². The lowest BCUT2D eigenvalue weighted by molar-refractivity contribution is -0.119. The van der Waals surface area contributed by atoms with E-state index in [4.69, 9.17) is 10.5 Å². The van der Waals surface area contributed by atoms with Gasteiger partial charge in [-0.05, 0) is 35.4 Å². The molecule has 0 heterocycles. The van der Waals surface area contributed by atoms with Crippen molar-refractivity contribution < 1.29 is 9.53 Å². The Hall–Kier alpha value is -2.56. The third-order valence-corrected chi connectivity index (χ3v) is 4.10. The number of ether oxygens (including phenoxy) is 1. The summed E-state index contributed by atoms with van der Waals surface area (Å²) < 4.78 is 5.61. The standard InChI is InChI=1S/C21H22N2O2.ClH/c22-21(24)15-25-20-11-10-17-8-4-5-9-18(17)19(20)14-23-13-12-16-6-2-1-3-7-16;/h1-11,23H,12-15H2,(H2,22,24);1H. The van der Waals surface area contributed by atoms with Crippen LogP contribution in [0.2, 0.25) is 0 Å². The summed E-state index contributed by atoms with van der Waals surface area (Å²) in [5, 5.41) is 5.74. The first-order valence-electron chi connectivity index (χ1n) is 8.40. The summed E-state index contributed by atoms with van der Waals surface area (Å²) in [6.45, 7) is 1.42. The van der Waals surface area contributed by atoms with Gasteiger partial charge < -0.3 is 15.8 Å². The van der Waals surface area contributed by atoms with Gasteiger partial charge >= 0.3 is 0 Å². The summed E-state index contributed by atoms with van der Waals surface area (Å²) in [5.74, 6) is 0.223. The summed E-state index contributed by atoms with van der Waals surface area (Å²) in [6, 6.07) is 22.4. The smallest absolute Gasteiger partial charge is 0.255 e. The molecule has 0 fully saturated rings. The maximum absolute atomic E-state index is 11.0. The van der Waals surface area contributed by atoms with Crippen LogP contribution < -0.4 is 15.8 Å². The summed E-state index contributed by atoms with van der Waals surface area (Å²) in [5.41, 5.74) is 7.56. The van der Waals surface area contributed by atoms with Crippen molar-refractivity contribution in [1.82, 2.24) is 5.32 Å². The number of hydrogen-bond acceptors (Lipinski definition) is 3. The Bertz CT molecular complexity index is 853. The van der Waals surface area contributed by atoms with E-state index in [2.05, 4.69) is 41.7 Å². The monoisotopic (exact) mass is 370 g/mol. The molecule has 0 radical (unpaired) electrons. The Morgan fingerprint density at radius 2 is 1.69 bits per heavy atom. The van der Waals surface area contributed by atoms with Gasteiger partial charge in [0.25, 0.3) is 5.91 Å². The van der Waals surface area contributed by atoms with Crippen LogP contribution in [0.25, 0.3) is 10.8 Å². The molecule has 3 rings (SSSR count). The molecule has 136 valence electrons. The first-order chi connectivity index (χ1) is 12.2. The SMILES string of the molecule is Cl.NC(=O)COc1ccc2ccccc2c1CNCCc1ccccc1. The number of hydrogen-bond donors (Lipinski definition) is 2. The second-order valence-corrected chi connectivity index (χ2v) is 5.93. The molecule has 1 amide bonds. The Labute approximate surface area is 159 Å². The molecule has 0 atom stereocenters. The number of rotatable bonds is 8. The second kappa shape index (κ2) is 9.80. The van der Waals surface area contributed by atoms with E-state index in [9.17, 15) is 4.79 Å². The lowest BCUT2D eigenvalue weighted by Crippen LogP contribution is -2.22. The summed E-state index contributed by atoms with van der Waals surface area (Å²) >= 11 is 0. The van der Waals surface area contributed by atoms with E-state index in [0.29, 0.717) is 12.3 Å². The molecule has 3 aromatic rings. The van der Waals surface area contributed by atoms with E-state index in [1.807, 2.05) is 30.3 Å². The number of nitrogens with one attached hydrogen (secondary N) is 1. The molecule has 0 aliphatic heterocycles. The summed E-state index contributed by atoms with van der Waals surface area (Å²) in [6.07, 6.45) is 0.961. The molecule has 0 aliphatic rings. The van der Waals surface area contributed by atoms with Crippen LogP contribution in [0.5, 0.6) is 5.75 Å². The quantitative estimate of drug-likeness (QED) is 0.597. The third kappa shape index (κ3) is 5.22. The van der Waals surface area contributed by atoms with Crippen molar-refractivity contribution in [1.29, 1.82) is 0 Å². The number of fused-ring (bicyclic) bond motifs is 1. The van der Waals surface area contributed by atoms with E-state index in [-0.39, 0.29) is 19.0 Å². The average molecular weight is 371 g/mol. The van der Waals surface area contributed by atoms with E-state index >= 15 is 0 Å². The van der Waals surface area contributed by atoms with E-state index in [1.54, 1.807) is 0 Å². The second-order valence-electron chi connectivity index (χ2n) is 5.93. The zero-order valence-electron chi connectivity index (χ0n) is 14.5. The number of halogens is 1. The zero-order chi connectivity index (χ0) is 17.5. The molecular weight excluding hydrogens is 348 g/mol. The van der Waals surface area contributed by atoms with Crippen LogP contribution in [-0.4, -0.2) is 19.1 Å². The number of nitrogens with two attached hydrogens (primary N) is 1. The molecule has 0 unspecified atom stereocenters. The third-order valence-electron chi connectivity index (χ3n) is 4.10. The molecule has 4 nitrogen and oxygen atoms in total. The van der Waals surface area contributed by atoms with Gasteiger partial charge in [-0.1, -0.05) is 60.7 Å². The van der Waals surface area contributed by atoms with Crippen LogP contribution in [-0.2, 0) is 17.8 Å². The molecule has 0 bridgehead atoms. The first kappa shape index (κ1) is 19.8. The number of carbonyl (C=O) groups is 1. The molecule has 0 spiro atoms. The normalized spacial score (nSPS) is 10.3. The Kier molecular flexibility index (Phi) is 7.45. The van der Waals surface area contributed by atoms with Gasteiger partial charge in [-0.3, -0.25) is 4.79 Å². The largest absolute Gasteiger partial charge is 0.483 e. The van der Waals surface area contributed by atoms with Gasteiger partial charge in [0.2, 0.25) is 0 Å². The molecule has 3 aromatic carbocycles. The van der Waals surface area contributed by atoms with Gasteiger partial charge in [0, 0.05) is 12.1 Å². The minimum Gasteiger partial charge on any atom is -0.483 e. The minimum atomic E-state index is -0.476. The molecule has 3 N–H and O–H groups in total. The molecular formula is C21H23ClN2O2. The van der Waals surface area contributed by atoms with Crippen LogP contribution in [0.3, 0.4) is 0 Å². The fourth-order valence-corrected chi connectivity index (χ4v) is 2.87. The van der Waals surface area contributed by atoms with Gasteiger partial charge in [-0.25, -0.2) is 0 Å². The highest BCUT2D eigenvalue weighted by Crippen LogP contribution is 2.28. The number of carbonyl (C=O) groups excluding carboxylic acids is 1. The van der Waals surface area contributed by atoms with Crippen molar-refractivity contribution in [2.45, 2.75) is 13.0 Å². The van der Waals surface area contributed by atoms with Gasteiger partial charge in [0.15, 0.2) is 6.61 Å². The predicted molar refractivity (Wildman–Crippen MR) is 108 cm³/mol. The maximum Gasteiger partial charge on any atom is 0.255 e. The van der Waals surface area contributed by atoms with Crippen LogP contribution in [0.4, 0.5) is 0 Å².